The fourth-order valence-electron chi connectivity index (χ4n) is 3.13. The molecule has 1 aliphatic rings. The van der Waals surface area contributed by atoms with Gasteiger partial charge in [-0.25, -0.2) is 9.59 Å². The Morgan fingerprint density at radius 3 is 2.74 bits per heavy atom. The molecule has 0 aromatic carbocycles. The number of amides is 1. The summed E-state index contributed by atoms with van der Waals surface area (Å²) in [5.74, 6) is -2.43. The van der Waals surface area contributed by atoms with E-state index >= 15 is 0 Å². The highest BCUT2D eigenvalue weighted by molar-refractivity contribution is 6.35. The summed E-state index contributed by atoms with van der Waals surface area (Å²) >= 11 is 0. The van der Waals surface area contributed by atoms with E-state index in [1.807, 2.05) is 12.1 Å². The zero-order valence-corrected chi connectivity index (χ0v) is 16.3. The van der Waals surface area contributed by atoms with Crippen LogP contribution in [-0.2, 0) is 25.5 Å². The van der Waals surface area contributed by atoms with Crippen LogP contribution in [0, 0.1) is 10.6 Å². The monoisotopic (exact) mass is 376 g/mol. The molecule has 7 heteroatoms. The number of carbonyl (C=O) groups excluding carboxylic acids is 3. The summed E-state index contributed by atoms with van der Waals surface area (Å²) in [7, 11) is 0. The predicted molar refractivity (Wildman–Crippen MR) is 99.1 cm³/mol. The van der Waals surface area contributed by atoms with Gasteiger partial charge in [-0.3, -0.25) is 14.4 Å². The van der Waals surface area contributed by atoms with Crippen LogP contribution in [0.5, 0.6) is 0 Å². The first-order chi connectivity index (χ1) is 12.7. The molecule has 0 bridgehead atoms. The quantitative estimate of drug-likeness (QED) is 0.227. The van der Waals surface area contributed by atoms with E-state index in [4.69, 9.17) is 4.74 Å². The van der Waals surface area contributed by atoms with Gasteiger partial charge in [0, 0.05) is 30.7 Å². The van der Waals surface area contributed by atoms with Crippen molar-refractivity contribution in [2.24, 2.45) is 5.41 Å². The zero-order chi connectivity index (χ0) is 20.1. The minimum atomic E-state index is -1.41. The van der Waals surface area contributed by atoms with E-state index in [-0.39, 0.29) is 19.6 Å². The Labute approximate surface area is 159 Å². The van der Waals surface area contributed by atoms with Crippen molar-refractivity contribution in [1.29, 1.82) is 0 Å². The molecule has 0 aliphatic carbocycles. The summed E-state index contributed by atoms with van der Waals surface area (Å²) in [4.78, 5) is 41.5. The standard InChI is InChI=1S/C20H28N2O5/c1-4-20(2,3)17(23)18(24)22(26)12-6-10-16(22)19(25)27-13-7-9-15-8-5-11-21-14-15/h5,8,11,14,16H,4,6-7,9-10,12-13H2,1-3H3/t16-,22?/m0/s1. The first-order valence-corrected chi connectivity index (χ1v) is 9.46. The summed E-state index contributed by atoms with van der Waals surface area (Å²) < 4.78 is 3.83. The van der Waals surface area contributed by atoms with Gasteiger partial charge in [0.2, 0.25) is 0 Å². The van der Waals surface area contributed by atoms with Gasteiger partial charge in [0.05, 0.1) is 13.2 Å². The molecular formula is C20H28N2O5. The second-order valence-corrected chi connectivity index (χ2v) is 7.68. The fourth-order valence-corrected chi connectivity index (χ4v) is 3.13. The molecule has 2 rings (SSSR count). The molecule has 2 atom stereocenters. The predicted octanol–water partition coefficient (Wildman–Crippen LogP) is 2.57. The van der Waals surface area contributed by atoms with Gasteiger partial charge in [0.25, 0.3) is 5.78 Å². The lowest BCUT2D eigenvalue weighted by Gasteiger charge is -2.40. The minimum Gasteiger partial charge on any atom is -0.624 e. The van der Waals surface area contributed by atoms with Crippen LogP contribution in [0.2, 0.25) is 0 Å². The van der Waals surface area contributed by atoms with Crippen molar-refractivity contribution in [1.82, 2.24) is 4.98 Å². The molecule has 0 radical (unpaired) electrons. The average molecular weight is 376 g/mol. The van der Waals surface area contributed by atoms with E-state index in [0.717, 1.165) is 5.56 Å². The number of hydroxylamine groups is 3. The Morgan fingerprint density at radius 2 is 2.11 bits per heavy atom. The van der Waals surface area contributed by atoms with Crippen LogP contribution in [0.3, 0.4) is 0 Å². The number of Topliss-reactive ketones (excluding diaryl/α,β-unsaturated/α-hetero) is 1. The number of likely N-dealkylation sites (tertiary alicyclic amines) is 1. The van der Waals surface area contributed by atoms with Gasteiger partial charge < -0.3 is 9.94 Å². The molecule has 1 aliphatic heterocycles. The van der Waals surface area contributed by atoms with Crippen LogP contribution in [-0.4, -0.2) is 46.5 Å². The number of rotatable bonds is 8. The van der Waals surface area contributed by atoms with Crippen molar-refractivity contribution in [3.05, 3.63) is 35.3 Å². The molecule has 0 saturated carbocycles. The summed E-state index contributed by atoms with van der Waals surface area (Å²) in [6.07, 6.45) is 5.86. The highest BCUT2D eigenvalue weighted by Crippen LogP contribution is 2.31. The molecule has 2 heterocycles. The van der Waals surface area contributed by atoms with Crippen molar-refractivity contribution in [3.63, 3.8) is 0 Å². The van der Waals surface area contributed by atoms with Crippen molar-refractivity contribution in [2.45, 2.75) is 58.9 Å². The van der Waals surface area contributed by atoms with Crippen LogP contribution in [0.4, 0.5) is 0 Å². The number of hydrogen-bond donors (Lipinski definition) is 0. The highest BCUT2D eigenvalue weighted by atomic mass is 16.6. The molecule has 7 nitrogen and oxygen atoms in total. The van der Waals surface area contributed by atoms with Crippen molar-refractivity contribution in [2.75, 3.05) is 13.2 Å². The molecule has 1 saturated heterocycles. The maximum absolute atomic E-state index is 13.1. The molecule has 0 N–H and O–H groups in total. The minimum absolute atomic E-state index is 0.0557. The lowest BCUT2D eigenvalue weighted by molar-refractivity contribution is -0.804. The van der Waals surface area contributed by atoms with Crippen LogP contribution >= 0.6 is 0 Å². The van der Waals surface area contributed by atoms with Gasteiger partial charge in [-0.1, -0.05) is 26.8 Å². The van der Waals surface area contributed by atoms with Crippen LogP contribution < -0.4 is 0 Å². The van der Waals surface area contributed by atoms with E-state index in [1.165, 1.54) is 0 Å². The number of hydrogen-bond acceptors (Lipinski definition) is 6. The Morgan fingerprint density at radius 1 is 1.37 bits per heavy atom. The summed E-state index contributed by atoms with van der Waals surface area (Å²) in [5, 5.41) is 13.1. The molecule has 1 amide bonds. The van der Waals surface area contributed by atoms with Gasteiger partial charge in [0.15, 0.2) is 6.04 Å². The largest absolute Gasteiger partial charge is 0.624 e. The number of pyridine rings is 1. The number of nitrogens with zero attached hydrogens (tertiary/aromatic N) is 2. The first kappa shape index (κ1) is 21.2. The normalized spacial score (nSPS) is 22.4. The second-order valence-electron chi connectivity index (χ2n) is 7.68. The maximum Gasteiger partial charge on any atom is 0.382 e. The van der Waals surface area contributed by atoms with Crippen molar-refractivity contribution in [3.8, 4) is 0 Å². The topological polar surface area (TPSA) is 96.4 Å². The molecule has 0 spiro atoms. The van der Waals surface area contributed by atoms with Gasteiger partial charge in [-0.05, 0) is 30.9 Å². The van der Waals surface area contributed by atoms with Gasteiger partial charge in [-0.2, -0.15) is 0 Å². The number of quaternary nitrogens is 1. The van der Waals surface area contributed by atoms with E-state index < -0.39 is 33.8 Å². The molecule has 27 heavy (non-hydrogen) atoms. The number of carbonyl (C=O) groups is 3. The average Bonchev–Trinajstić information content (AvgIpc) is 3.07. The maximum atomic E-state index is 13.1. The van der Waals surface area contributed by atoms with Gasteiger partial charge >= 0.3 is 11.9 Å². The summed E-state index contributed by atoms with van der Waals surface area (Å²) in [6, 6.07) is 2.63. The first-order valence-electron chi connectivity index (χ1n) is 9.46. The van der Waals surface area contributed by atoms with E-state index in [9.17, 15) is 19.6 Å². The van der Waals surface area contributed by atoms with Crippen LogP contribution in [0.15, 0.2) is 24.5 Å². The lowest BCUT2D eigenvalue weighted by atomic mass is 9.84. The number of ether oxygens (including phenoxy) is 1. The fraction of sp³-hybridized carbons (Fsp3) is 0.600. The van der Waals surface area contributed by atoms with E-state index in [2.05, 4.69) is 4.98 Å². The molecule has 1 aromatic rings. The number of ketones is 1. The van der Waals surface area contributed by atoms with Crippen LogP contribution in [0.1, 0.15) is 52.0 Å². The second kappa shape index (κ2) is 8.71. The number of esters is 1. The third kappa shape index (κ3) is 4.78. The Hall–Kier alpha value is -2.12. The van der Waals surface area contributed by atoms with Crippen molar-refractivity contribution < 1.29 is 23.8 Å². The Balaban J connectivity index is 1.94. The SMILES string of the molecule is CCC(C)(C)C(=O)C(=O)[N+]1([O-])CCC[C@H]1C(=O)OCCCc1cccnc1. The van der Waals surface area contributed by atoms with E-state index in [1.54, 1.807) is 33.2 Å². The summed E-state index contributed by atoms with van der Waals surface area (Å²) in [6.45, 7) is 5.17. The molecule has 1 unspecified atom stereocenters. The van der Waals surface area contributed by atoms with Crippen LogP contribution in [0.25, 0.3) is 0 Å². The Bertz CT molecular complexity index is 689. The third-order valence-electron chi connectivity index (χ3n) is 5.36. The Kier molecular flexibility index (Phi) is 6.84. The van der Waals surface area contributed by atoms with Crippen molar-refractivity contribution >= 4 is 17.7 Å². The zero-order valence-electron chi connectivity index (χ0n) is 16.3. The molecule has 1 fully saturated rings. The number of aryl methyl sites for hydroxylation is 1. The third-order valence-corrected chi connectivity index (χ3v) is 5.36. The highest BCUT2D eigenvalue weighted by Gasteiger charge is 2.51. The van der Waals surface area contributed by atoms with Gasteiger partial charge in [0.1, 0.15) is 0 Å². The molecule has 1 aromatic heterocycles. The smallest absolute Gasteiger partial charge is 0.382 e. The molecular weight excluding hydrogens is 348 g/mol. The molecule has 148 valence electrons. The summed E-state index contributed by atoms with van der Waals surface area (Å²) in [5.41, 5.74) is 0.124. The number of aromatic nitrogens is 1. The lowest BCUT2D eigenvalue weighted by Crippen LogP contribution is -2.59. The van der Waals surface area contributed by atoms with E-state index in [0.29, 0.717) is 25.7 Å². The van der Waals surface area contributed by atoms with Gasteiger partial charge in [-0.15, -0.1) is 0 Å².